The summed E-state index contributed by atoms with van der Waals surface area (Å²) in [5.74, 6) is -0.954. The van der Waals surface area contributed by atoms with E-state index in [1.807, 2.05) is 0 Å². The number of rotatable bonds is 5. The molecule has 0 saturated heterocycles. The zero-order valence-corrected chi connectivity index (χ0v) is 15.7. The fourth-order valence-electron chi connectivity index (χ4n) is 2.72. The number of amides is 1. The van der Waals surface area contributed by atoms with E-state index in [1.54, 1.807) is 6.92 Å². The van der Waals surface area contributed by atoms with Crippen LogP contribution < -0.4 is 5.32 Å². The summed E-state index contributed by atoms with van der Waals surface area (Å²) in [6, 6.07) is 6.42. The monoisotopic (exact) mass is 415 g/mol. The van der Waals surface area contributed by atoms with Gasteiger partial charge in [0.05, 0.1) is 17.5 Å². The number of aromatic nitrogens is 3. The average molecular weight is 415 g/mol. The van der Waals surface area contributed by atoms with Crippen molar-refractivity contribution in [3.63, 3.8) is 0 Å². The van der Waals surface area contributed by atoms with E-state index in [4.69, 9.17) is 0 Å². The van der Waals surface area contributed by atoms with Gasteiger partial charge in [0.15, 0.2) is 5.65 Å². The number of aliphatic hydroxyl groups excluding tert-OH is 1. The third-order valence-corrected chi connectivity index (χ3v) is 3.94. The van der Waals surface area contributed by atoms with Gasteiger partial charge in [0.1, 0.15) is 17.1 Å². The first kappa shape index (κ1) is 20.8. The first-order chi connectivity index (χ1) is 14.2. The van der Waals surface area contributed by atoms with Crippen molar-refractivity contribution in [2.75, 3.05) is 0 Å². The van der Waals surface area contributed by atoms with E-state index in [9.17, 15) is 23.1 Å². The molecule has 2 aromatic heterocycles. The first-order valence-electron chi connectivity index (χ1n) is 8.61. The lowest BCUT2D eigenvalue weighted by atomic mass is 10.0. The second kappa shape index (κ2) is 8.19. The Morgan fingerprint density at radius 3 is 2.70 bits per heavy atom. The lowest BCUT2D eigenvalue weighted by Gasteiger charge is -2.12. The molecule has 10 heteroatoms. The van der Waals surface area contributed by atoms with E-state index < -0.39 is 17.6 Å². The normalized spacial score (nSPS) is 12.5. The van der Waals surface area contributed by atoms with Crippen molar-refractivity contribution in [1.29, 1.82) is 0 Å². The summed E-state index contributed by atoms with van der Waals surface area (Å²) in [4.78, 5) is 20.8. The molecule has 0 aliphatic heterocycles. The Balaban J connectivity index is 2.05. The molecule has 7 nitrogen and oxygen atoms in total. The summed E-state index contributed by atoms with van der Waals surface area (Å²) >= 11 is 0. The predicted octanol–water partition coefficient (Wildman–Crippen LogP) is 4.15. The van der Waals surface area contributed by atoms with Crippen LogP contribution in [0.4, 0.5) is 13.2 Å². The van der Waals surface area contributed by atoms with E-state index in [2.05, 4.69) is 27.0 Å². The quantitative estimate of drug-likeness (QED) is 0.372. The number of carbonyl (C=O) groups is 1. The van der Waals surface area contributed by atoms with Crippen LogP contribution in [0, 0.1) is 0 Å². The summed E-state index contributed by atoms with van der Waals surface area (Å²) in [6.45, 7) is 4.92. The van der Waals surface area contributed by atoms with Gasteiger partial charge in [-0.3, -0.25) is 4.79 Å². The Morgan fingerprint density at radius 1 is 1.30 bits per heavy atom. The smallest absolute Gasteiger partial charge is 0.417 e. The maximum absolute atomic E-state index is 13.4. The van der Waals surface area contributed by atoms with Gasteiger partial charge in [-0.1, -0.05) is 24.8 Å². The Bertz CT molecular complexity index is 1180. The molecule has 2 N–H and O–H groups in total. The molecular formula is C20H16F3N5O2. The molecule has 3 aromatic rings. The number of nitrogens with one attached hydrogen (secondary N) is 1. The van der Waals surface area contributed by atoms with Gasteiger partial charge in [0.2, 0.25) is 0 Å². The molecule has 1 amide bonds. The number of alkyl halides is 3. The summed E-state index contributed by atoms with van der Waals surface area (Å²) in [5, 5.41) is 15.8. The molecule has 0 fully saturated rings. The van der Waals surface area contributed by atoms with E-state index in [1.165, 1.54) is 47.4 Å². The van der Waals surface area contributed by atoms with E-state index >= 15 is 0 Å². The molecule has 1 aromatic carbocycles. The third-order valence-electron chi connectivity index (χ3n) is 3.94. The molecule has 0 aliphatic carbocycles. The minimum absolute atomic E-state index is 0.0158. The van der Waals surface area contributed by atoms with Crippen LogP contribution in [-0.2, 0) is 6.18 Å². The van der Waals surface area contributed by atoms with Crippen molar-refractivity contribution in [3.05, 3.63) is 78.1 Å². The highest BCUT2D eigenvalue weighted by Crippen LogP contribution is 2.36. The molecule has 154 valence electrons. The van der Waals surface area contributed by atoms with Crippen molar-refractivity contribution in [2.45, 2.75) is 13.1 Å². The SMILES string of the molecule is C=C(O)/C=C(\N=C/C)NC(=O)c1cnn2ccc(-c3ccccc3C(F)(F)F)nc12. The van der Waals surface area contributed by atoms with Crippen LogP contribution in [-0.4, -0.2) is 31.8 Å². The van der Waals surface area contributed by atoms with Crippen molar-refractivity contribution in [3.8, 4) is 11.3 Å². The molecule has 30 heavy (non-hydrogen) atoms. The maximum Gasteiger partial charge on any atom is 0.417 e. The number of aliphatic imine (C=N–C) groups is 1. The van der Waals surface area contributed by atoms with E-state index in [-0.39, 0.29) is 34.0 Å². The average Bonchev–Trinajstić information content (AvgIpc) is 3.10. The van der Waals surface area contributed by atoms with Gasteiger partial charge in [0.25, 0.3) is 5.91 Å². The molecule has 0 unspecified atom stereocenters. The van der Waals surface area contributed by atoms with E-state index in [0.29, 0.717) is 0 Å². The van der Waals surface area contributed by atoms with Crippen LogP contribution in [0.1, 0.15) is 22.8 Å². The molecule has 0 bridgehead atoms. The highest BCUT2D eigenvalue weighted by Gasteiger charge is 2.33. The Labute approximate surface area is 168 Å². The van der Waals surface area contributed by atoms with Gasteiger partial charge in [-0.05, 0) is 19.1 Å². The van der Waals surface area contributed by atoms with Crippen LogP contribution in [0.15, 0.2) is 72.0 Å². The zero-order valence-electron chi connectivity index (χ0n) is 15.7. The van der Waals surface area contributed by atoms with Gasteiger partial charge in [0, 0.05) is 24.1 Å². The molecule has 0 atom stereocenters. The van der Waals surface area contributed by atoms with Gasteiger partial charge >= 0.3 is 6.18 Å². The molecule has 0 saturated carbocycles. The zero-order chi connectivity index (χ0) is 21.9. The largest absolute Gasteiger partial charge is 0.508 e. The lowest BCUT2D eigenvalue weighted by molar-refractivity contribution is -0.137. The minimum atomic E-state index is -4.56. The van der Waals surface area contributed by atoms with Crippen LogP contribution in [0.3, 0.4) is 0 Å². The molecule has 2 heterocycles. The highest BCUT2D eigenvalue weighted by atomic mass is 19.4. The number of benzene rings is 1. The third kappa shape index (κ3) is 4.37. The fraction of sp³-hybridized carbons (Fsp3) is 0.100. The van der Waals surface area contributed by atoms with Crippen LogP contribution in [0.2, 0.25) is 0 Å². The van der Waals surface area contributed by atoms with Gasteiger partial charge in [-0.25, -0.2) is 14.5 Å². The van der Waals surface area contributed by atoms with Crippen LogP contribution >= 0.6 is 0 Å². The summed E-state index contributed by atoms with van der Waals surface area (Å²) in [5.41, 5.74) is -0.841. The lowest BCUT2D eigenvalue weighted by Crippen LogP contribution is -2.22. The van der Waals surface area contributed by atoms with Crippen molar-refractivity contribution < 1.29 is 23.1 Å². The van der Waals surface area contributed by atoms with E-state index in [0.717, 1.165) is 12.1 Å². The fourth-order valence-corrected chi connectivity index (χ4v) is 2.72. The Hall–Kier alpha value is -3.95. The summed E-state index contributed by atoms with van der Waals surface area (Å²) in [7, 11) is 0. The summed E-state index contributed by atoms with van der Waals surface area (Å²) < 4.78 is 41.3. The van der Waals surface area contributed by atoms with Crippen LogP contribution in [0.5, 0.6) is 0 Å². The topological polar surface area (TPSA) is 91.9 Å². The van der Waals surface area contributed by atoms with Crippen LogP contribution in [0.25, 0.3) is 16.9 Å². The molecule has 0 radical (unpaired) electrons. The molecule has 3 rings (SSSR count). The molecular weight excluding hydrogens is 399 g/mol. The number of fused-ring (bicyclic) bond motifs is 1. The number of nitrogens with zero attached hydrogens (tertiary/aromatic N) is 4. The second-order valence-electron chi connectivity index (χ2n) is 6.04. The van der Waals surface area contributed by atoms with Gasteiger partial charge < -0.3 is 10.4 Å². The number of halogens is 3. The summed E-state index contributed by atoms with van der Waals surface area (Å²) in [6.07, 6.45) is 0.628. The van der Waals surface area contributed by atoms with Gasteiger partial charge in [-0.15, -0.1) is 0 Å². The number of hydrogen-bond acceptors (Lipinski definition) is 5. The first-order valence-corrected chi connectivity index (χ1v) is 8.61. The second-order valence-corrected chi connectivity index (χ2v) is 6.04. The Morgan fingerprint density at radius 2 is 2.03 bits per heavy atom. The van der Waals surface area contributed by atoms with Crippen molar-refractivity contribution in [1.82, 2.24) is 19.9 Å². The van der Waals surface area contributed by atoms with Crippen molar-refractivity contribution >= 4 is 17.8 Å². The van der Waals surface area contributed by atoms with Crippen molar-refractivity contribution in [2.24, 2.45) is 4.99 Å². The van der Waals surface area contributed by atoms with Gasteiger partial charge in [-0.2, -0.15) is 18.3 Å². The molecule has 0 aliphatic rings. The standard InChI is InChI=1S/C20H16F3N5O2/c1-3-24-17(10-12(2)29)27-19(30)14-11-25-28-9-8-16(26-18(14)28)13-6-4-5-7-15(13)20(21,22)23/h3-11,29H,2H2,1H3,(H,27,30)/b17-10+,24-3-. The number of allylic oxidation sites excluding steroid dienone is 1. The minimum Gasteiger partial charge on any atom is -0.508 e. The number of hydrogen-bond donors (Lipinski definition) is 2. The highest BCUT2D eigenvalue weighted by molar-refractivity contribution is 6.00. The Kier molecular flexibility index (Phi) is 5.67. The molecule has 0 spiro atoms. The maximum atomic E-state index is 13.4. The number of aliphatic hydroxyl groups is 1. The number of carbonyl (C=O) groups excluding carboxylic acids is 1. The predicted molar refractivity (Wildman–Crippen MR) is 105 cm³/mol.